The van der Waals surface area contributed by atoms with Gasteiger partial charge < -0.3 is 10.4 Å². The van der Waals surface area contributed by atoms with Crippen molar-refractivity contribution in [2.45, 2.75) is 32.0 Å². The quantitative estimate of drug-likeness (QED) is 0.862. The Morgan fingerprint density at radius 1 is 1.42 bits per heavy atom. The van der Waals surface area contributed by atoms with Gasteiger partial charge in [-0.25, -0.2) is 4.79 Å². The van der Waals surface area contributed by atoms with Gasteiger partial charge in [0.25, 0.3) is 0 Å². The van der Waals surface area contributed by atoms with Crippen molar-refractivity contribution in [3.8, 4) is 0 Å². The molecule has 1 atom stereocenters. The molecule has 0 saturated carbocycles. The molecular weight excluding hydrogens is 283 g/mol. The van der Waals surface area contributed by atoms with Gasteiger partial charge in [-0.15, -0.1) is 0 Å². The minimum atomic E-state index is -4.52. The van der Waals surface area contributed by atoms with Gasteiger partial charge in [0.1, 0.15) is 6.04 Å². The summed E-state index contributed by atoms with van der Waals surface area (Å²) in [7, 11) is 0. The molecule has 1 aromatic rings. The van der Waals surface area contributed by atoms with Crippen molar-refractivity contribution in [2.75, 3.05) is 5.32 Å². The van der Waals surface area contributed by atoms with Crippen LogP contribution in [0.15, 0.2) is 18.2 Å². The summed E-state index contributed by atoms with van der Waals surface area (Å²) in [5.41, 5.74) is -0.871. The van der Waals surface area contributed by atoms with Gasteiger partial charge in [-0.05, 0) is 24.6 Å². The number of anilines is 1. The van der Waals surface area contributed by atoms with Gasteiger partial charge in [0, 0.05) is 10.7 Å². The van der Waals surface area contributed by atoms with Gasteiger partial charge in [0.15, 0.2) is 0 Å². The Hall–Kier alpha value is -1.43. The average Bonchev–Trinajstić information content (AvgIpc) is 2.26. The molecule has 1 rings (SSSR count). The lowest BCUT2D eigenvalue weighted by Gasteiger charge is -2.16. The number of alkyl halides is 3. The van der Waals surface area contributed by atoms with Crippen LogP contribution in [0.5, 0.6) is 0 Å². The molecule has 106 valence electrons. The molecule has 0 aliphatic carbocycles. The van der Waals surface area contributed by atoms with E-state index in [1.807, 2.05) is 0 Å². The lowest BCUT2D eigenvalue weighted by Crippen LogP contribution is -2.29. The predicted octanol–water partition coefficient (Wildman–Crippen LogP) is 4.02. The number of benzene rings is 1. The van der Waals surface area contributed by atoms with Crippen LogP contribution in [0.1, 0.15) is 25.3 Å². The molecule has 0 aliphatic rings. The van der Waals surface area contributed by atoms with E-state index in [4.69, 9.17) is 16.7 Å². The Kier molecular flexibility index (Phi) is 5.05. The Labute approximate surface area is 113 Å². The van der Waals surface area contributed by atoms with Gasteiger partial charge >= 0.3 is 12.1 Å². The van der Waals surface area contributed by atoms with Gasteiger partial charge in [0.05, 0.1) is 5.56 Å². The van der Waals surface area contributed by atoms with E-state index in [0.29, 0.717) is 12.8 Å². The van der Waals surface area contributed by atoms with Crippen LogP contribution in [0.2, 0.25) is 5.02 Å². The summed E-state index contributed by atoms with van der Waals surface area (Å²) in [6.45, 7) is 1.79. The number of hydrogen-bond donors (Lipinski definition) is 2. The van der Waals surface area contributed by atoms with Crippen molar-refractivity contribution >= 4 is 23.3 Å². The van der Waals surface area contributed by atoms with Crippen LogP contribution in [0.4, 0.5) is 18.9 Å². The molecule has 0 spiro atoms. The fourth-order valence-electron chi connectivity index (χ4n) is 1.58. The van der Waals surface area contributed by atoms with Gasteiger partial charge in [-0.1, -0.05) is 24.9 Å². The third kappa shape index (κ3) is 4.63. The molecule has 0 aliphatic heterocycles. The van der Waals surface area contributed by atoms with Gasteiger partial charge in [0.2, 0.25) is 0 Å². The molecule has 0 amide bonds. The van der Waals surface area contributed by atoms with E-state index >= 15 is 0 Å². The molecule has 0 saturated heterocycles. The summed E-state index contributed by atoms with van der Waals surface area (Å²) in [5.74, 6) is -1.12. The second kappa shape index (κ2) is 6.14. The number of halogens is 4. The first-order valence-electron chi connectivity index (χ1n) is 5.61. The maximum absolute atomic E-state index is 12.6. The van der Waals surface area contributed by atoms with Crippen molar-refractivity contribution in [1.82, 2.24) is 0 Å². The van der Waals surface area contributed by atoms with Crippen molar-refractivity contribution in [3.63, 3.8) is 0 Å². The summed E-state index contributed by atoms with van der Waals surface area (Å²) in [4.78, 5) is 10.9. The van der Waals surface area contributed by atoms with E-state index in [1.165, 1.54) is 6.07 Å². The highest BCUT2D eigenvalue weighted by atomic mass is 35.5. The Balaban J connectivity index is 3.00. The summed E-state index contributed by atoms with van der Waals surface area (Å²) in [6, 6.07) is 1.96. The molecular formula is C12H13ClF3NO2. The highest BCUT2D eigenvalue weighted by Gasteiger charge is 2.31. The monoisotopic (exact) mass is 295 g/mol. The maximum Gasteiger partial charge on any atom is 0.416 e. The lowest BCUT2D eigenvalue weighted by molar-refractivity contribution is -0.138. The zero-order valence-corrected chi connectivity index (χ0v) is 10.8. The smallest absolute Gasteiger partial charge is 0.416 e. The molecule has 1 aromatic carbocycles. The fraction of sp³-hybridized carbons (Fsp3) is 0.417. The normalized spacial score (nSPS) is 13.1. The van der Waals surface area contributed by atoms with E-state index in [2.05, 4.69) is 5.32 Å². The van der Waals surface area contributed by atoms with Crippen LogP contribution in [-0.2, 0) is 11.0 Å². The second-order valence-corrected chi connectivity index (χ2v) is 4.49. The minimum absolute atomic E-state index is 0.0423. The number of nitrogens with one attached hydrogen (secondary N) is 1. The molecule has 0 bridgehead atoms. The van der Waals surface area contributed by atoms with E-state index in [1.54, 1.807) is 6.92 Å². The van der Waals surface area contributed by atoms with Crippen molar-refractivity contribution in [2.24, 2.45) is 0 Å². The number of rotatable bonds is 5. The van der Waals surface area contributed by atoms with Crippen LogP contribution >= 0.6 is 11.6 Å². The van der Waals surface area contributed by atoms with Crippen LogP contribution in [-0.4, -0.2) is 17.1 Å². The SMILES string of the molecule is CCCC(Nc1cc(Cl)cc(C(F)(F)F)c1)C(=O)O. The number of carboxylic acids is 1. The van der Waals surface area contributed by atoms with Crippen molar-refractivity contribution in [1.29, 1.82) is 0 Å². The lowest BCUT2D eigenvalue weighted by atomic mass is 10.1. The van der Waals surface area contributed by atoms with Crippen molar-refractivity contribution in [3.05, 3.63) is 28.8 Å². The van der Waals surface area contributed by atoms with Crippen LogP contribution in [0.3, 0.4) is 0 Å². The fourth-order valence-corrected chi connectivity index (χ4v) is 1.82. The van der Waals surface area contributed by atoms with E-state index in [9.17, 15) is 18.0 Å². The number of carboxylic acid groups (broad SMARTS) is 1. The highest BCUT2D eigenvalue weighted by Crippen LogP contribution is 2.33. The maximum atomic E-state index is 12.6. The van der Waals surface area contributed by atoms with E-state index in [0.717, 1.165) is 12.1 Å². The summed E-state index contributed by atoms with van der Waals surface area (Å²) < 4.78 is 37.8. The second-order valence-electron chi connectivity index (χ2n) is 4.05. The summed E-state index contributed by atoms with van der Waals surface area (Å²) >= 11 is 5.61. The first-order valence-corrected chi connectivity index (χ1v) is 5.99. The number of carbonyl (C=O) groups is 1. The van der Waals surface area contributed by atoms with Crippen LogP contribution < -0.4 is 5.32 Å². The molecule has 0 aromatic heterocycles. The summed E-state index contributed by atoms with van der Waals surface area (Å²) in [6.07, 6.45) is -3.62. The first-order chi connectivity index (χ1) is 8.74. The molecule has 2 N–H and O–H groups in total. The molecule has 0 fully saturated rings. The van der Waals surface area contributed by atoms with E-state index in [-0.39, 0.29) is 10.7 Å². The zero-order chi connectivity index (χ0) is 14.6. The average molecular weight is 296 g/mol. The largest absolute Gasteiger partial charge is 0.480 e. The predicted molar refractivity (Wildman–Crippen MR) is 66.4 cm³/mol. The first kappa shape index (κ1) is 15.6. The zero-order valence-electron chi connectivity index (χ0n) is 10.1. The molecule has 3 nitrogen and oxygen atoms in total. The number of hydrogen-bond acceptors (Lipinski definition) is 2. The highest BCUT2D eigenvalue weighted by molar-refractivity contribution is 6.31. The molecule has 0 heterocycles. The van der Waals surface area contributed by atoms with Gasteiger partial charge in [-0.3, -0.25) is 0 Å². The third-order valence-electron chi connectivity index (χ3n) is 2.44. The van der Waals surface area contributed by atoms with E-state index < -0.39 is 23.8 Å². The Bertz CT molecular complexity index is 463. The molecule has 1 unspecified atom stereocenters. The third-order valence-corrected chi connectivity index (χ3v) is 2.66. The molecule has 19 heavy (non-hydrogen) atoms. The van der Waals surface area contributed by atoms with Crippen LogP contribution in [0.25, 0.3) is 0 Å². The summed E-state index contributed by atoms with van der Waals surface area (Å²) in [5, 5.41) is 11.4. The molecule has 0 radical (unpaired) electrons. The van der Waals surface area contributed by atoms with Gasteiger partial charge in [-0.2, -0.15) is 13.2 Å². The Morgan fingerprint density at radius 3 is 2.53 bits per heavy atom. The standard InChI is InChI=1S/C12H13ClF3NO2/c1-2-3-10(11(18)19)17-9-5-7(12(14,15)16)4-8(13)6-9/h4-6,10,17H,2-3H2,1H3,(H,18,19). The molecule has 7 heteroatoms. The van der Waals surface area contributed by atoms with Crippen LogP contribution in [0, 0.1) is 0 Å². The topological polar surface area (TPSA) is 49.3 Å². The number of aliphatic carboxylic acids is 1. The van der Waals surface area contributed by atoms with Crippen molar-refractivity contribution < 1.29 is 23.1 Å². The Morgan fingerprint density at radius 2 is 2.05 bits per heavy atom. The minimum Gasteiger partial charge on any atom is -0.480 e.